The fourth-order valence-corrected chi connectivity index (χ4v) is 1.50. The lowest BCUT2D eigenvalue weighted by Crippen LogP contribution is -2.13. The normalized spacial score (nSPS) is 11.4. The Morgan fingerprint density at radius 3 is 2.50 bits per heavy atom. The number of nitrogens with two attached hydrogens (primary N) is 1. The van der Waals surface area contributed by atoms with Crippen LogP contribution in [0, 0.1) is 0 Å². The molecule has 0 radical (unpaired) electrons. The van der Waals surface area contributed by atoms with Gasteiger partial charge in [-0.1, -0.05) is 6.92 Å². The molecule has 0 fully saturated rings. The molecule has 0 aromatic heterocycles. The summed E-state index contributed by atoms with van der Waals surface area (Å²) < 4.78 is 37.8. The smallest absolute Gasteiger partial charge is 0.326 e. The van der Waals surface area contributed by atoms with E-state index in [9.17, 15) is 18.0 Å². The summed E-state index contributed by atoms with van der Waals surface area (Å²) in [6, 6.07) is 3.34. The summed E-state index contributed by atoms with van der Waals surface area (Å²) in [5.41, 5.74) is 4.99. The monoisotopic (exact) mass is 260 g/mol. The minimum Gasteiger partial charge on any atom is -0.326 e. The lowest BCUT2D eigenvalue weighted by Gasteiger charge is -2.12. The number of amides is 1. The van der Waals surface area contributed by atoms with Gasteiger partial charge in [0.15, 0.2) is 0 Å². The van der Waals surface area contributed by atoms with E-state index in [1.54, 1.807) is 0 Å². The van der Waals surface area contributed by atoms with Crippen molar-refractivity contribution >= 4 is 11.6 Å². The van der Waals surface area contributed by atoms with Crippen molar-refractivity contribution in [2.24, 2.45) is 5.73 Å². The number of benzene rings is 1. The van der Waals surface area contributed by atoms with Gasteiger partial charge in [0, 0.05) is 18.7 Å². The van der Waals surface area contributed by atoms with Crippen LogP contribution >= 0.6 is 0 Å². The predicted molar refractivity (Wildman–Crippen MR) is 62.9 cm³/mol. The molecule has 0 saturated heterocycles. The van der Waals surface area contributed by atoms with Crippen LogP contribution in [-0.4, -0.2) is 5.91 Å². The summed E-state index contributed by atoms with van der Waals surface area (Å²) in [6.45, 7) is 1.80. The zero-order valence-electron chi connectivity index (χ0n) is 9.97. The molecule has 0 aliphatic rings. The average molecular weight is 260 g/mol. The number of carbonyl (C=O) groups excluding carboxylic acids is 1. The topological polar surface area (TPSA) is 55.1 Å². The van der Waals surface area contributed by atoms with E-state index in [4.69, 9.17) is 5.73 Å². The molecule has 1 aromatic carbocycles. The van der Waals surface area contributed by atoms with Crippen LogP contribution in [0.3, 0.4) is 0 Å². The van der Waals surface area contributed by atoms with Crippen molar-refractivity contribution in [2.45, 2.75) is 32.5 Å². The van der Waals surface area contributed by atoms with Crippen LogP contribution in [0.25, 0.3) is 0 Å². The Hall–Kier alpha value is -1.56. The molecule has 0 bridgehead atoms. The average Bonchev–Trinajstić information content (AvgIpc) is 2.27. The van der Waals surface area contributed by atoms with E-state index >= 15 is 0 Å². The highest BCUT2D eigenvalue weighted by Crippen LogP contribution is 2.32. The van der Waals surface area contributed by atoms with Crippen molar-refractivity contribution < 1.29 is 18.0 Å². The van der Waals surface area contributed by atoms with E-state index in [2.05, 4.69) is 5.32 Å². The van der Waals surface area contributed by atoms with Gasteiger partial charge in [0.05, 0.1) is 5.56 Å². The van der Waals surface area contributed by atoms with Crippen LogP contribution < -0.4 is 11.1 Å². The highest BCUT2D eigenvalue weighted by Gasteiger charge is 2.31. The third-order valence-corrected chi connectivity index (χ3v) is 2.32. The van der Waals surface area contributed by atoms with Crippen molar-refractivity contribution in [3.8, 4) is 0 Å². The molecule has 0 aliphatic heterocycles. The maximum absolute atomic E-state index is 12.6. The second kappa shape index (κ2) is 5.86. The number of hydrogen-bond donors (Lipinski definition) is 2. The van der Waals surface area contributed by atoms with Gasteiger partial charge in [0.1, 0.15) is 0 Å². The molecular formula is C12H15F3N2O. The van der Waals surface area contributed by atoms with E-state index < -0.39 is 11.7 Å². The van der Waals surface area contributed by atoms with Crippen molar-refractivity contribution in [1.82, 2.24) is 0 Å². The minimum absolute atomic E-state index is 0.0133. The van der Waals surface area contributed by atoms with Crippen molar-refractivity contribution in [1.29, 1.82) is 0 Å². The predicted octanol–water partition coefficient (Wildman–Crippen LogP) is 2.90. The van der Waals surface area contributed by atoms with E-state index in [1.165, 1.54) is 6.07 Å². The lowest BCUT2D eigenvalue weighted by atomic mass is 10.1. The lowest BCUT2D eigenvalue weighted by molar-refractivity contribution is -0.137. The standard InChI is InChI=1S/C12H15F3N2O/c1-2-3-11(18)17-10-5-8(7-16)4-9(6-10)12(13,14)15/h4-6H,2-3,7,16H2,1H3,(H,17,18). The minimum atomic E-state index is -4.45. The molecule has 0 aliphatic carbocycles. The van der Waals surface area contributed by atoms with Gasteiger partial charge in [0.2, 0.25) is 5.91 Å². The summed E-state index contributed by atoms with van der Waals surface area (Å²) >= 11 is 0. The number of anilines is 1. The number of nitrogens with one attached hydrogen (secondary N) is 1. The van der Waals surface area contributed by atoms with Gasteiger partial charge in [0.25, 0.3) is 0 Å². The number of carbonyl (C=O) groups is 1. The Morgan fingerprint density at radius 2 is 2.00 bits per heavy atom. The Balaban J connectivity index is 3.01. The Kier molecular flexibility index (Phi) is 4.72. The van der Waals surface area contributed by atoms with Gasteiger partial charge in [-0.3, -0.25) is 4.79 Å². The third-order valence-electron chi connectivity index (χ3n) is 2.32. The van der Waals surface area contributed by atoms with Crippen LogP contribution in [0.15, 0.2) is 18.2 Å². The second-order valence-corrected chi connectivity index (χ2v) is 3.92. The highest BCUT2D eigenvalue weighted by molar-refractivity contribution is 5.90. The molecule has 0 unspecified atom stereocenters. The summed E-state index contributed by atoms with van der Waals surface area (Å²) in [5.74, 6) is -0.306. The van der Waals surface area contributed by atoms with E-state index in [1.807, 2.05) is 6.92 Å². The van der Waals surface area contributed by atoms with Gasteiger partial charge in [-0.15, -0.1) is 0 Å². The summed E-state index contributed by atoms with van der Waals surface area (Å²) in [6.07, 6.45) is -3.54. The fourth-order valence-electron chi connectivity index (χ4n) is 1.50. The molecule has 18 heavy (non-hydrogen) atoms. The number of halogens is 3. The molecule has 0 saturated carbocycles. The van der Waals surface area contributed by atoms with Gasteiger partial charge in [-0.25, -0.2) is 0 Å². The maximum Gasteiger partial charge on any atom is 0.416 e. The second-order valence-electron chi connectivity index (χ2n) is 3.92. The maximum atomic E-state index is 12.6. The van der Waals surface area contributed by atoms with Gasteiger partial charge in [-0.2, -0.15) is 13.2 Å². The Morgan fingerprint density at radius 1 is 1.33 bits per heavy atom. The fraction of sp³-hybridized carbons (Fsp3) is 0.417. The molecule has 3 nitrogen and oxygen atoms in total. The van der Waals surface area contributed by atoms with Gasteiger partial charge in [-0.05, 0) is 30.2 Å². The molecule has 6 heteroatoms. The summed E-state index contributed by atoms with van der Waals surface area (Å²) in [7, 11) is 0. The molecule has 0 spiro atoms. The van der Waals surface area contributed by atoms with Crippen molar-refractivity contribution in [3.05, 3.63) is 29.3 Å². The molecular weight excluding hydrogens is 245 g/mol. The summed E-state index contributed by atoms with van der Waals surface area (Å²) in [4.78, 5) is 11.3. The SMILES string of the molecule is CCCC(=O)Nc1cc(CN)cc(C(F)(F)F)c1. The first-order chi connectivity index (χ1) is 8.36. The van der Waals surface area contributed by atoms with Gasteiger partial charge < -0.3 is 11.1 Å². The van der Waals surface area contributed by atoms with Crippen molar-refractivity contribution in [2.75, 3.05) is 5.32 Å². The first kappa shape index (κ1) is 14.5. The molecule has 100 valence electrons. The van der Waals surface area contributed by atoms with Crippen LogP contribution in [-0.2, 0) is 17.5 Å². The quantitative estimate of drug-likeness (QED) is 0.874. The highest BCUT2D eigenvalue weighted by atomic mass is 19.4. The zero-order chi connectivity index (χ0) is 13.8. The largest absolute Gasteiger partial charge is 0.416 e. The Bertz CT molecular complexity index is 430. The molecule has 0 atom stereocenters. The number of rotatable bonds is 4. The van der Waals surface area contributed by atoms with Crippen LogP contribution in [0.5, 0.6) is 0 Å². The molecule has 1 amide bonds. The van der Waals surface area contributed by atoms with Crippen LogP contribution in [0.4, 0.5) is 18.9 Å². The molecule has 3 N–H and O–H groups in total. The van der Waals surface area contributed by atoms with E-state index in [0.717, 1.165) is 12.1 Å². The first-order valence-corrected chi connectivity index (χ1v) is 5.58. The van der Waals surface area contributed by atoms with Crippen LogP contribution in [0.2, 0.25) is 0 Å². The number of hydrogen-bond acceptors (Lipinski definition) is 2. The van der Waals surface area contributed by atoms with E-state index in [0.29, 0.717) is 12.0 Å². The zero-order valence-corrected chi connectivity index (χ0v) is 9.97. The third kappa shape index (κ3) is 4.03. The summed E-state index contributed by atoms with van der Waals surface area (Å²) in [5, 5.41) is 2.44. The first-order valence-electron chi connectivity index (χ1n) is 5.58. The number of alkyl halides is 3. The van der Waals surface area contributed by atoms with Crippen molar-refractivity contribution in [3.63, 3.8) is 0 Å². The molecule has 0 heterocycles. The van der Waals surface area contributed by atoms with Crippen LogP contribution in [0.1, 0.15) is 30.9 Å². The van der Waals surface area contributed by atoms with Gasteiger partial charge >= 0.3 is 6.18 Å². The molecule has 1 rings (SSSR count). The molecule has 1 aromatic rings. The van der Waals surface area contributed by atoms with E-state index in [-0.39, 0.29) is 24.6 Å². The Labute approximate surface area is 103 Å².